The van der Waals surface area contributed by atoms with Crippen molar-refractivity contribution < 1.29 is 28.0 Å². The Kier molecular flexibility index (Phi) is 7.33. The van der Waals surface area contributed by atoms with Crippen LogP contribution in [0.1, 0.15) is 34.6 Å². The number of carbonyl (C=O) groups is 2. The monoisotopic (exact) mass is 466 g/mol. The van der Waals surface area contributed by atoms with Gasteiger partial charge in [0.25, 0.3) is 0 Å². The zero-order valence-corrected chi connectivity index (χ0v) is 21.0. The summed E-state index contributed by atoms with van der Waals surface area (Å²) >= 11 is 0. The van der Waals surface area contributed by atoms with Gasteiger partial charge in [-0.25, -0.2) is 0 Å². The summed E-state index contributed by atoms with van der Waals surface area (Å²) in [5.74, 6) is 0.329. The van der Waals surface area contributed by atoms with Gasteiger partial charge in [-0.3, -0.25) is 9.59 Å². The zero-order chi connectivity index (χ0) is 24.3. The van der Waals surface area contributed by atoms with Crippen LogP contribution in [0, 0.1) is 0 Å². The molecule has 2 fully saturated rings. The molecule has 4 unspecified atom stereocenters. The lowest BCUT2D eigenvalue weighted by Crippen LogP contribution is -2.59. The normalized spacial score (nSPS) is 29.5. The van der Waals surface area contributed by atoms with Crippen molar-refractivity contribution in [1.29, 1.82) is 0 Å². The standard InChI is InChI=1S/C28H38N2O4/c1-21-20-33-15-14-30(21,4)19-28(32)26-11-7-24(8-12-26)23-5-9-25(10-6-23)27(31)18-29(3)13-16-34-22(2)17-29/h5-12,21-22H,13-20H2,1-4H3/q+2. The van der Waals surface area contributed by atoms with E-state index in [0.29, 0.717) is 39.0 Å². The van der Waals surface area contributed by atoms with E-state index in [1.807, 2.05) is 48.5 Å². The fraction of sp³-hybridized carbons (Fsp3) is 0.500. The molecule has 34 heavy (non-hydrogen) atoms. The number of ether oxygens (including phenoxy) is 2. The number of carbonyl (C=O) groups excluding carboxylic acids is 2. The number of likely N-dealkylation sites (N-methyl/N-ethyl adjacent to an activating group) is 2. The van der Waals surface area contributed by atoms with Crippen LogP contribution in [-0.2, 0) is 9.47 Å². The van der Waals surface area contributed by atoms with Crippen LogP contribution in [-0.4, -0.2) is 99.3 Å². The molecule has 2 saturated heterocycles. The van der Waals surface area contributed by atoms with Gasteiger partial charge in [-0.2, -0.15) is 0 Å². The second-order valence-electron chi connectivity index (χ2n) is 10.7. The van der Waals surface area contributed by atoms with Gasteiger partial charge in [0.15, 0.2) is 0 Å². The van der Waals surface area contributed by atoms with Gasteiger partial charge in [0.1, 0.15) is 44.9 Å². The Morgan fingerprint density at radius 2 is 1.38 bits per heavy atom. The van der Waals surface area contributed by atoms with Crippen molar-refractivity contribution in [2.24, 2.45) is 0 Å². The minimum absolute atomic E-state index is 0.165. The fourth-order valence-corrected chi connectivity index (χ4v) is 5.10. The molecule has 2 aliphatic heterocycles. The largest absolute Gasteiger partial charge is 0.369 e. The van der Waals surface area contributed by atoms with Crippen molar-refractivity contribution >= 4 is 11.6 Å². The summed E-state index contributed by atoms with van der Waals surface area (Å²) in [6.07, 6.45) is 0.186. The topological polar surface area (TPSA) is 52.6 Å². The fourth-order valence-electron chi connectivity index (χ4n) is 5.10. The van der Waals surface area contributed by atoms with Crippen molar-refractivity contribution in [3.63, 3.8) is 0 Å². The average molecular weight is 467 g/mol. The first kappa shape index (κ1) is 24.7. The van der Waals surface area contributed by atoms with E-state index in [9.17, 15) is 9.59 Å². The van der Waals surface area contributed by atoms with Crippen LogP contribution in [0.4, 0.5) is 0 Å². The number of benzene rings is 2. The molecule has 0 spiro atoms. The van der Waals surface area contributed by atoms with Crippen LogP contribution in [0.3, 0.4) is 0 Å². The molecule has 6 nitrogen and oxygen atoms in total. The van der Waals surface area contributed by atoms with Crippen LogP contribution >= 0.6 is 0 Å². The smallest absolute Gasteiger partial charge is 0.216 e. The quantitative estimate of drug-likeness (QED) is 0.463. The SMILES string of the molecule is CC1C[N+](C)(CC(=O)c2ccc(-c3ccc(C(=O)C[N+]4(C)CCOCC4C)cc3)cc2)CCO1. The predicted octanol–water partition coefficient (Wildman–Crippen LogP) is 3.45. The van der Waals surface area contributed by atoms with Crippen molar-refractivity contribution in [2.45, 2.75) is 26.0 Å². The van der Waals surface area contributed by atoms with E-state index in [4.69, 9.17) is 9.47 Å². The third-order valence-corrected chi connectivity index (χ3v) is 7.68. The number of ketones is 2. The Hall–Kier alpha value is -2.38. The lowest BCUT2D eigenvalue weighted by Gasteiger charge is -2.42. The van der Waals surface area contributed by atoms with Crippen molar-refractivity contribution in [1.82, 2.24) is 0 Å². The molecule has 0 aliphatic carbocycles. The summed E-state index contributed by atoms with van der Waals surface area (Å²) in [4.78, 5) is 25.8. The van der Waals surface area contributed by atoms with E-state index in [0.717, 1.165) is 50.9 Å². The maximum atomic E-state index is 12.9. The Labute approximate surface area is 203 Å². The summed E-state index contributed by atoms with van der Waals surface area (Å²) in [7, 11) is 4.28. The first-order valence-corrected chi connectivity index (χ1v) is 12.3. The third kappa shape index (κ3) is 5.63. The van der Waals surface area contributed by atoms with Crippen LogP contribution in [0.2, 0.25) is 0 Å². The number of Topliss-reactive ketones (excluding diaryl/α,β-unsaturated/α-hetero) is 2. The van der Waals surface area contributed by atoms with Gasteiger partial charge in [-0.05, 0) is 25.0 Å². The predicted molar refractivity (Wildman–Crippen MR) is 133 cm³/mol. The second-order valence-corrected chi connectivity index (χ2v) is 10.7. The van der Waals surface area contributed by atoms with Crippen LogP contribution < -0.4 is 0 Å². The zero-order valence-electron chi connectivity index (χ0n) is 21.0. The molecular formula is C28H38N2O4+2. The Balaban J connectivity index is 1.39. The second kappa shape index (κ2) is 10.1. The van der Waals surface area contributed by atoms with Gasteiger partial charge in [0, 0.05) is 11.1 Å². The highest BCUT2D eigenvalue weighted by atomic mass is 16.5. The highest BCUT2D eigenvalue weighted by Crippen LogP contribution is 2.23. The lowest BCUT2D eigenvalue weighted by molar-refractivity contribution is -0.931. The van der Waals surface area contributed by atoms with Gasteiger partial charge in [0.05, 0.1) is 33.9 Å². The Morgan fingerprint density at radius 3 is 1.91 bits per heavy atom. The summed E-state index contributed by atoms with van der Waals surface area (Å²) in [5, 5.41) is 0. The molecule has 0 N–H and O–H groups in total. The molecule has 0 amide bonds. The molecule has 182 valence electrons. The molecule has 6 heteroatoms. The molecule has 2 aliphatic rings. The van der Waals surface area contributed by atoms with E-state index in [1.165, 1.54) is 0 Å². The molecule has 0 bridgehead atoms. The van der Waals surface area contributed by atoms with Crippen molar-refractivity contribution in [3.05, 3.63) is 59.7 Å². The molecule has 0 radical (unpaired) electrons. The minimum atomic E-state index is 0.165. The molecule has 0 aromatic heterocycles. The summed E-state index contributed by atoms with van der Waals surface area (Å²) in [6.45, 7) is 9.89. The summed E-state index contributed by atoms with van der Waals surface area (Å²) < 4.78 is 12.6. The molecule has 4 rings (SSSR count). The van der Waals surface area contributed by atoms with Crippen LogP contribution in [0.15, 0.2) is 48.5 Å². The molecule has 2 aromatic carbocycles. The average Bonchev–Trinajstić information content (AvgIpc) is 2.81. The maximum absolute atomic E-state index is 12.9. The molecule has 2 heterocycles. The van der Waals surface area contributed by atoms with Crippen LogP contribution in [0.25, 0.3) is 11.1 Å². The molecule has 0 saturated carbocycles. The third-order valence-electron chi connectivity index (χ3n) is 7.68. The van der Waals surface area contributed by atoms with Gasteiger partial charge in [-0.1, -0.05) is 48.5 Å². The van der Waals surface area contributed by atoms with E-state index < -0.39 is 0 Å². The molecular weight excluding hydrogens is 428 g/mol. The summed E-state index contributed by atoms with van der Waals surface area (Å²) in [5.41, 5.74) is 3.56. The summed E-state index contributed by atoms with van der Waals surface area (Å²) in [6, 6.07) is 15.9. The van der Waals surface area contributed by atoms with Gasteiger partial charge >= 0.3 is 0 Å². The highest BCUT2D eigenvalue weighted by Gasteiger charge is 2.35. The number of nitrogens with zero attached hydrogens (tertiary/aromatic N) is 2. The van der Waals surface area contributed by atoms with Gasteiger partial charge in [-0.15, -0.1) is 0 Å². The molecule has 4 atom stereocenters. The Bertz CT molecular complexity index is 1020. The van der Waals surface area contributed by atoms with Crippen LogP contribution in [0.5, 0.6) is 0 Å². The van der Waals surface area contributed by atoms with Crippen molar-refractivity contribution in [2.75, 3.05) is 66.6 Å². The highest BCUT2D eigenvalue weighted by molar-refractivity contribution is 5.98. The van der Waals surface area contributed by atoms with Crippen molar-refractivity contribution in [3.8, 4) is 11.1 Å². The number of rotatable bonds is 7. The minimum Gasteiger partial charge on any atom is -0.369 e. The number of quaternary nitrogens is 2. The number of morpholine rings is 2. The maximum Gasteiger partial charge on any atom is 0.216 e. The first-order valence-electron chi connectivity index (χ1n) is 12.3. The van der Waals surface area contributed by atoms with E-state index in [2.05, 4.69) is 27.9 Å². The Morgan fingerprint density at radius 1 is 0.824 bits per heavy atom. The van der Waals surface area contributed by atoms with Gasteiger partial charge in [0.2, 0.25) is 11.6 Å². The number of hydrogen-bond donors (Lipinski definition) is 0. The lowest BCUT2D eigenvalue weighted by atomic mass is 9.99. The molecule has 2 aromatic rings. The van der Waals surface area contributed by atoms with E-state index >= 15 is 0 Å². The number of hydrogen-bond acceptors (Lipinski definition) is 4. The van der Waals surface area contributed by atoms with E-state index in [-0.39, 0.29) is 17.7 Å². The van der Waals surface area contributed by atoms with E-state index in [1.54, 1.807) is 0 Å². The van der Waals surface area contributed by atoms with Gasteiger partial charge < -0.3 is 18.4 Å². The first-order chi connectivity index (χ1) is 16.2.